The van der Waals surface area contributed by atoms with Crippen LogP contribution in [0, 0.1) is 11.3 Å². The molecule has 39 heavy (non-hydrogen) atoms. The lowest BCUT2D eigenvalue weighted by molar-refractivity contribution is -0.142. The van der Waals surface area contributed by atoms with Crippen molar-refractivity contribution in [2.45, 2.75) is 50.7 Å². The zero-order valence-electron chi connectivity index (χ0n) is 22.1. The standard InChI is InChI=1S/C25H27ClN4O3.C4H9NO/c26-20-14-19-21(30(20)18-4-2-1-3-5-18)27-16-29(22(19)31)15-24(33)10-12-28(13-11-24)23(32)25(8-9-25)17-6-7-17;1-3-6-4-2-5-1/h1-5,14,16-17,33H,6-13,15H2;5H,1-4H2. The van der Waals surface area contributed by atoms with Crippen molar-refractivity contribution in [2.24, 2.45) is 11.3 Å². The van der Waals surface area contributed by atoms with Crippen LogP contribution in [0.5, 0.6) is 0 Å². The van der Waals surface area contributed by atoms with E-state index in [1.54, 1.807) is 10.6 Å². The number of aliphatic hydroxyl groups is 1. The number of piperidine rings is 1. The van der Waals surface area contributed by atoms with Crippen molar-refractivity contribution in [3.8, 4) is 5.69 Å². The van der Waals surface area contributed by atoms with Crippen LogP contribution in [0.25, 0.3) is 16.7 Å². The lowest BCUT2D eigenvalue weighted by atomic mass is 9.89. The van der Waals surface area contributed by atoms with E-state index >= 15 is 0 Å². The number of likely N-dealkylation sites (tertiary alicyclic amines) is 1. The number of halogens is 1. The van der Waals surface area contributed by atoms with Crippen LogP contribution in [-0.2, 0) is 16.1 Å². The van der Waals surface area contributed by atoms with E-state index in [1.165, 1.54) is 23.7 Å². The van der Waals surface area contributed by atoms with E-state index in [1.807, 2.05) is 35.2 Å². The van der Waals surface area contributed by atoms with Crippen molar-refractivity contribution < 1.29 is 14.6 Å². The van der Waals surface area contributed by atoms with Gasteiger partial charge in [0, 0.05) is 31.9 Å². The van der Waals surface area contributed by atoms with Gasteiger partial charge in [-0.25, -0.2) is 4.98 Å². The fourth-order valence-electron chi connectivity index (χ4n) is 6.02. The van der Waals surface area contributed by atoms with Gasteiger partial charge in [0.05, 0.1) is 36.2 Å². The average Bonchev–Trinajstić information content (AvgIpc) is 3.89. The van der Waals surface area contributed by atoms with Crippen molar-refractivity contribution in [1.29, 1.82) is 0 Å². The number of fused-ring (bicyclic) bond motifs is 1. The largest absolute Gasteiger partial charge is 0.388 e. The fraction of sp³-hybridized carbons (Fsp3) is 0.552. The summed E-state index contributed by atoms with van der Waals surface area (Å²) >= 11 is 6.45. The SMILES string of the molecule is C1COCCN1.O=C(N1CCC(O)(Cn2cnc3c(cc(Cl)n3-c3ccccc3)c2=O)CC1)C1(C2CC2)CC1. The van der Waals surface area contributed by atoms with Crippen LogP contribution in [0.3, 0.4) is 0 Å². The Morgan fingerprint density at radius 1 is 1.10 bits per heavy atom. The summed E-state index contributed by atoms with van der Waals surface area (Å²) < 4.78 is 8.22. The fourth-order valence-corrected chi connectivity index (χ4v) is 6.31. The normalized spacial score (nSPS) is 21.7. The molecule has 208 valence electrons. The van der Waals surface area contributed by atoms with Crippen LogP contribution < -0.4 is 10.9 Å². The molecule has 4 heterocycles. The molecule has 2 saturated carbocycles. The van der Waals surface area contributed by atoms with E-state index in [4.69, 9.17) is 16.3 Å². The number of aromatic nitrogens is 3. The van der Waals surface area contributed by atoms with Crippen LogP contribution >= 0.6 is 11.6 Å². The van der Waals surface area contributed by atoms with E-state index < -0.39 is 5.60 Å². The van der Waals surface area contributed by atoms with E-state index in [-0.39, 0.29) is 23.4 Å². The first kappa shape index (κ1) is 26.5. The maximum atomic E-state index is 13.2. The number of amides is 1. The average molecular weight is 554 g/mol. The molecule has 2 saturated heterocycles. The number of nitrogens with one attached hydrogen (secondary N) is 1. The van der Waals surface area contributed by atoms with E-state index in [9.17, 15) is 14.7 Å². The first-order chi connectivity index (χ1) is 18.9. The van der Waals surface area contributed by atoms with Crippen LogP contribution in [0.4, 0.5) is 0 Å². The molecule has 0 unspecified atom stereocenters. The minimum Gasteiger partial charge on any atom is -0.388 e. The predicted octanol–water partition coefficient (Wildman–Crippen LogP) is 2.99. The van der Waals surface area contributed by atoms with Crippen LogP contribution in [-0.4, -0.2) is 75.0 Å². The summed E-state index contributed by atoms with van der Waals surface area (Å²) in [6.07, 6.45) is 6.79. The highest BCUT2D eigenvalue weighted by atomic mass is 35.5. The summed E-state index contributed by atoms with van der Waals surface area (Å²) in [4.78, 5) is 32.7. The molecule has 1 amide bonds. The number of benzene rings is 1. The minimum absolute atomic E-state index is 0.0907. The molecule has 1 aromatic carbocycles. The Kier molecular flexibility index (Phi) is 7.26. The molecule has 0 bridgehead atoms. The third kappa shape index (κ3) is 5.37. The van der Waals surface area contributed by atoms with Crippen molar-refractivity contribution in [3.05, 3.63) is 58.2 Å². The molecule has 2 aliphatic carbocycles. The zero-order valence-corrected chi connectivity index (χ0v) is 22.9. The van der Waals surface area contributed by atoms with Gasteiger partial charge < -0.3 is 20.1 Å². The van der Waals surface area contributed by atoms with Crippen molar-refractivity contribution in [3.63, 3.8) is 0 Å². The van der Waals surface area contributed by atoms with Gasteiger partial charge in [-0.3, -0.25) is 18.7 Å². The van der Waals surface area contributed by atoms with Crippen molar-refractivity contribution in [2.75, 3.05) is 39.4 Å². The van der Waals surface area contributed by atoms with Gasteiger partial charge in [0.1, 0.15) is 11.5 Å². The lowest BCUT2D eigenvalue weighted by Crippen LogP contribution is -2.51. The van der Waals surface area contributed by atoms with Gasteiger partial charge in [-0.05, 0) is 62.6 Å². The molecule has 2 aromatic heterocycles. The molecule has 7 rings (SSSR count). The summed E-state index contributed by atoms with van der Waals surface area (Å²) in [6, 6.07) is 11.2. The summed E-state index contributed by atoms with van der Waals surface area (Å²) in [7, 11) is 0. The molecule has 0 radical (unpaired) electrons. The number of hydrogen-bond donors (Lipinski definition) is 2. The topological polar surface area (TPSA) is 102 Å². The zero-order chi connectivity index (χ0) is 27.0. The summed E-state index contributed by atoms with van der Waals surface area (Å²) in [5.74, 6) is 0.862. The Morgan fingerprint density at radius 2 is 1.79 bits per heavy atom. The van der Waals surface area contributed by atoms with Gasteiger partial charge in [-0.15, -0.1) is 0 Å². The molecular formula is C29H36ClN5O4. The Balaban J connectivity index is 0.000000410. The molecule has 0 spiro atoms. The summed E-state index contributed by atoms with van der Waals surface area (Å²) in [6.45, 7) is 5.05. The Labute approximate surface area is 232 Å². The van der Waals surface area contributed by atoms with Crippen molar-refractivity contribution >= 4 is 28.5 Å². The van der Waals surface area contributed by atoms with Gasteiger partial charge in [0.2, 0.25) is 5.91 Å². The van der Waals surface area contributed by atoms with Gasteiger partial charge in [0.25, 0.3) is 5.56 Å². The van der Waals surface area contributed by atoms with Crippen LogP contribution in [0.2, 0.25) is 5.15 Å². The highest BCUT2D eigenvalue weighted by molar-refractivity contribution is 6.31. The van der Waals surface area contributed by atoms with Gasteiger partial charge >= 0.3 is 0 Å². The summed E-state index contributed by atoms with van der Waals surface area (Å²) in [5.41, 5.74) is -0.0359. The second-order valence-corrected chi connectivity index (χ2v) is 11.7. The molecule has 0 atom stereocenters. The molecule has 2 aliphatic heterocycles. The van der Waals surface area contributed by atoms with Gasteiger partial charge in [0.15, 0.2) is 5.65 Å². The number of morpholine rings is 1. The highest BCUT2D eigenvalue weighted by Gasteiger charge is 2.60. The highest BCUT2D eigenvalue weighted by Crippen LogP contribution is 2.62. The van der Waals surface area contributed by atoms with E-state index in [2.05, 4.69) is 10.3 Å². The monoisotopic (exact) mass is 553 g/mol. The smallest absolute Gasteiger partial charge is 0.262 e. The number of rotatable bonds is 5. The third-order valence-corrected chi connectivity index (χ3v) is 8.90. The van der Waals surface area contributed by atoms with Crippen LogP contribution in [0.15, 0.2) is 47.5 Å². The molecule has 10 heteroatoms. The summed E-state index contributed by atoms with van der Waals surface area (Å²) in [5, 5.41) is 15.2. The third-order valence-electron chi connectivity index (χ3n) is 8.62. The maximum Gasteiger partial charge on any atom is 0.262 e. The number of nitrogens with zero attached hydrogens (tertiary/aromatic N) is 4. The molecule has 2 N–H and O–H groups in total. The van der Waals surface area contributed by atoms with E-state index in [0.29, 0.717) is 48.0 Å². The van der Waals surface area contributed by atoms with E-state index in [0.717, 1.165) is 44.8 Å². The Morgan fingerprint density at radius 3 is 2.36 bits per heavy atom. The minimum atomic E-state index is -1.04. The van der Waals surface area contributed by atoms with Gasteiger partial charge in [-0.1, -0.05) is 29.8 Å². The number of ether oxygens (including phenoxy) is 1. The van der Waals surface area contributed by atoms with Gasteiger partial charge in [-0.2, -0.15) is 0 Å². The van der Waals surface area contributed by atoms with Crippen LogP contribution in [0.1, 0.15) is 38.5 Å². The second-order valence-electron chi connectivity index (χ2n) is 11.4. The quantitative estimate of drug-likeness (QED) is 0.504. The number of carbonyl (C=O) groups excluding carboxylic acids is 1. The predicted molar refractivity (Wildman–Crippen MR) is 149 cm³/mol. The molecule has 4 aliphatic rings. The second kappa shape index (κ2) is 10.7. The first-order valence-electron chi connectivity index (χ1n) is 14.0. The molecule has 9 nitrogen and oxygen atoms in total. The number of hydrogen-bond acceptors (Lipinski definition) is 6. The molecular weight excluding hydrogens is 518 g/mol. The Hall–Kier alpha value is -2.72. The number of carbonyl (C=O) groups is 1. The molecule has 4 fully saturated rings. The lowest BCUT2D eigenvalue weighted by Gasteiger charge is -2.39. The van der Waals surface area contributed by atoms with Crippen molar-refractivity contribution in [1.82, 2.24) is 24.3 Å². The first-order valence-corrected chi connectivity index (χ1v) is 14.4. The number of para-hydroxylation sites is 1. The maximum absolute atomic E-state index is 13.2. The Bertz CT molecular complexity index is 1370. The molecule has 3 aromatic rings.